The number of nitrogens with zero attached hydrogens (tertiary/aromatic N) is 1. The van der Waals surface area contributed by atoms with Gasteiger partial charge in [0.2, 0.25) is 0 Å². The maximum absolute atomic E-state index is 12.8. The van der Waals surface area contributed by atoms with Crippen LogP contribution in [-0.2, 0) is 26.0 Å². The summed E-state index contributed by atoms with van der Waals surface area (Å²) in [5.41, 5.74) is 2.42. The Hall–Kier alpha value is -3.85. The fourth-order valence-corrected chi connectivity index (χ4v) is 4.77. The molecule has 176 valence electrons. The summed E-state index contributed by atoms with van der Waals surface area (Å²) < 4.78 is 38.2. The molecule has 4 rings (SSSR count). The number of rotatable bonds is 7. The van der Waals surface area contributed by atoms with Crippen LogP contribution in [0.5, 0.6) is 5.75 Å². The van der Waals surface area contributed by atoms with Gasteiger partial charge in [-0.25, -0.2) is 13.2 Å². The SMILES string of the molecule is COc1ccc(NS(=O)(=O)c2ccc(C(=O)OC(C)C(=O)N3CCc4ccccc43)cc2)cc1. The molecular weight excluding hydrogens is 456 g/mol. The van der Waals surface area contributed by atoms with Crippen molar-refractivity contribution in [2.45, 2.75) is 24.3 Å². The third kappa shape index (κ3) is 4.89. The van der Waals surface area contributed by atoms with Gasteiger partial charge >= 0.3 is 5.97 Å². The molecule has 1 unspecified atom stereocenters. The van der Waals surface area contributed by atoms with Crippen LogP contribution in [0.3, 0.4) is 0 Å². The highest BCUT2D eigenvalue weighted by Gasteiger charge is 2.30. The first-order chi connectivity index (χ1) is 16.3. The quantitative estimate of drug-likeness (QED) is 0.518. The van der Waals surface area contributed by atoms with Gasteiger partial charge < -0.3 is 14.4 Å². The minimum absolute atomic E-state index is 0.0160. The number of benzene rings is 3. The van der Waals surface area contributed by atoms with Gasteiger partial charge in [-0.3, -0.25) is 9.52 Å². The van der Waals surface area contributed by atoms with Crippen LogP contribution in [-0.4, -0.2) is 40.1 Å². The zero-order valence-corrected chi connectivity index (χ0v) is 19.5. The van der Waals surface area contributed by atoms with Gasteiger partial charge in [-0.1, -0.05) is 18.2 Å². The average Bonchev–Trinajstić information content (AvgIpc) is 3.28. The Morgan fingerprint density at radius 3 is 2.32 bits per heavy atom. The summed E-state index contributed by atoms with van der Waals surface area (Å²) in [4.78, 5) is 27.0. The van der Waals surface area contributed by atoms with Gasteiger partial charge in [0, 0.05) is 17.9 Å². The van der Waals surface area contributed by atoms with E-state index in [2.05, 4.69) is 4.72 Å². The van der Waals surface area contributed by atoms with Crippen LogP contribution >= 0.6 is 0 Å². The summed E-state index contributed by atoms with van der Waals surface area (Å²) in [7, 11) is -2.33. The topological polar surface area (TPSA) is 102 Å². The van der Waals surface area contributed by atoms with Crippen molar-refractivity contribution in [1.29, 1.82) is 0 Å². The number of esters is 1. The smallest absolute Gasteiger partial charge is 0.338 e. The minimum Gasteiger partial charge on any atom is -0.497 e. The van der Waals surface area contributed by atoms with Crippen LogP contribution in [0.2, 0.25) is 0 Å². The normalized spacial score (nSPS) is 13.6. The van der Waals surface area contributed by atoms with Gasteiger partial charge in [-0.2, -0.15) is 0 Å². The predicted octanol–water partition coefficient (Wildman–Crippen LogP) is 3.63. The Bertz CT molecular complexity index is 1300. The number of anilines is 2. The summed E-state index contributed by atoms with van der Waals surface area (Å²) in [5, 5.41) is 0. The lowest BCUT2D eigenvalue weighted by Crippen LogP contribution is -2.39. The van der Waals surface area contributed by atoms with Crippen molar-refractivity contribution in [1.82, 2.24) is 0 Å². The molecule has 3 aromatic rings. The van der Waals surface area contributed by atoms with Crippen LogP contribution in [0.15, 0.2) is 77.7 Å². The summed E-state index contributed by atoms with van der Waals surface area (Å²) in [5.74, 6) is -0.408. The Morgan fingerprint density at radius 2 is 1.65 bits per heavy atom. The number of carbonyl (C=O) groups is 2. The molecule has 1 amide bonds. The van der Waals surface area contributed by atoms with Crippen molar-refractivity contribution in [3.05, 3.63) is 83.9 Å². The largest absolute Gasteiger partial charge is 0.497 e. The fourth-order valence-electron chi connectivity index (χ4n) is 3.71. The van der Waals surface area contributed by atoms with Crippen molar-refractivity contribution < 1.29 is 27.5 Å². The number of methoxy groups -OCH3 is 1. The predicted molar refractivity (Wildman–Crippen MR) is 128 cm³/mol. The van der Waals surface area contributed by atoms with Gasteiger partial charge in [0.25, 0.3) is 15.9 Å². The first-order valence-corrected chi connectivity index (χ1v) is 12.1. The number of sulfonamides is 1. The van der Waals surface area contributed by atoms with Crippen LogP contribution < -0.4 is 14.4 Å². The first-order valence-electron chi connectivity index (χ1n) is 10.7. The van der Waals surface area contributed by atoms with E-state index in [1.807, 2.05) is 24.3 Å². The van der Waals surface area contributed by atoms with Crippen LogP contribution in [0.1, 0.15) is 22.8 Å². The minimum atomic E-state index is -3.86. The second-order valence-electron chi connectivity index (χ2n) is 7.77. The van der Waals surface area contributed by atoms with Crippen molar-refractivity contribution >= 4 is 33.3 Å². The van der Waals surface area contributed by atoms with Gasteiger partial charge in [0.15, 0.2) is 6.10 Å². The number of hydrogen-bond donors (Lipinski definition) is 1. The molecule has 34 heavy (non-hydrogen) atoms. The summed E-state index contributed by atoms with van der Waals surface area (Å²) >= 11 is 0. The third-order valence-electron chi connectivity index (χ3n) is 5.53. The van der Waals surface area contributed by atoms with Gasteiger partial charge in [0.05, 0.1) is 17.6 Å². The summed E-state index contributed by atoms with van der Waals surface area (Å²) in [6.07, 6.45) is -0.234. The fraction of sp³-hybridized carbons (Fsp3) is 0.200. The standard InChI is InChI=1S/C25H24N2O6S/c1-17(24(28)27-16-15-18-5-3-4-6-23(18)27)33-25(29)19-7-13-22(14-8-19)34(30,31)26-20-9-11-21(32-2)12-10-20/h3-14,17,26H,15-16H2,1-2H3. The lowest BCUT2D eigenvalue weighted by atomic mass is 10.2. The Labute approximate surface area is 198 Å². The molecule has 0 aromatic heterocycles. The monoisotopic (exact) mass is 480 g/mol. The molecule has 3 aromatic carbocycles. The van der Waals surface area contributed by atoms with E-state index >= 15 is 0 Å². The number of carbonyl (C=O) groups excluding carboxylic acids is 2. The Morgan fingerprint density at radius 1 is 0.971 bits per heavy atom. The zero-order valence-electron chi connectivity index (χ0n) is 18.7. The highest BCUT2D eigenvalue weighted by Crippen LogP contribution is 2.28. The van der Waals surface area contributed by atoms with Crippen LogP contribution in [0.25, 0.3) is 0 Å². The van der Waals surface area contributed by atoms with E-state index < -0.39 is 22.1 Å². The second-order valence-corrected chi connectivity index (χ2v) is 9.46. The molecule has 0 fully saturated rings. The van der Waals surface area contributed by atoms with E-state index in [4.69, 9.17) is 9.47 Å². The van der Waals surface area contributed by atoms with Gasteiger partial charge in [0.1, 0.15) is 5.75 Å². The molecule has 1 aliphatic rings. The van der Waals surface area contributed by atoms with Crippen LogP contribution in [0, 0.1) is 0 Å². The zero-order chi connectivity index (χ0) is 24.3. The van der Waals surface area contributed by atoms with E-state index in [9.17, 15) is 18.0 Å². The van der Waals surface area contributed by atoms with Crippen molar-refractivity contribution in [2.75, 3.05) is 23.3 Å². The number of fused-ring (bicyclic) bond motifs is 1. The van der Waals surface area contributed by atoms with E-state index in [1.54, 1.807) is 29.2 Å². The van der Waals surface area contributed by atoms with Crippen molar-refractivity contribution in [3.63, 3.8) is 0 Å². The summed E-state index contributed by atoms with van der Waals surface area (Å²) in [6, 6.07) is 19.4. The van der Waals surface area contributed by atoms with Gasteiger partial charge in [-0.05, 0) is 73.5 Å². The highest BCUT2D eigenvalue weighted by atomic mass is 32.2. The molecule has 0 aliphatic carbocycles. The molecule has 0 radical (unpaired) electrons. The lowest BCUT2D eigenvalue weighted by molar-refractivity contribution is -0.126. The van der Waals surface area contributed by atoms with Gasteiger partial charge in [-0.15, -0.1) is 0 Å². The van der Waals surface area contributed by atoms with E-state index in [1.165, 1.54) is 38.3 Å². The van der Waals surface area contributed by atoms with Crippen molar-refractivity contribution in [3.8, 4) is 5.75 Å². The second kappa shape index (κ2) is 9.56. The Kier molecular flexibility index (Phi) is 6.56. The first kappa shape index (κ1) is 23.3. The molecule has 8 nitrogen and oxygen atoms in total. The Balaban J connectivity index is 1.40. The van der Waals surface area contributed by atoms with Crippen molar-refractivity contribution in [2.24, 2.45) is 0 Å². The number of ether oxygens (including phenoxy) is 2. The molecule has 0 saturated carbocycles. The molecule has 0 bridgehead atoms. The van der Waals surface area contributed by atoms with E-state index in [-0.39, 0.29) is 16.4 Å². The molecule has 1 atom stereocenters. The molecule has 1 N–H and O–H groups in total. The number of amides is 1. The van der Waals surface area contributed by atoms with Crippen LogP contribution in [0.4, 0.5) is 11.4 Å². The highest BCUT2D eigenvalue weighted by molar-refractivity contribution is 7.92. The third-order valence-corrected chi connectivity index (χ3v) is 6.92. The maximum Gasteiger partial charge on any atom is 0.338 e. The number of nitrogens with one attached hydrogen (secondary N) is 1. The maximum atomic E-state index is 12.8. The average molecular weight is 481 g/mol. The lowest BCUT2D eigenvalue weighted by Gasteiger charge is -2.21. The number of para-hydroxylation sites is 1. The number of hydrogen-bond acceptors (Lipinski definition) is 6. The molecule has 1 heterocycles. The van der Waals surface area contributed by atoms with E-state index in [0.29, 0.717) is 18.0 Å². The summed E-state index contributed by atoms with van der Waals surface area (Å²) in [6.45, 7) is 2.06. The van der Waals surface area contributed by atoms with E-state index in [0.717, 1.165) is 17.7 Å². The molecule has 0 spiro atoms. The molecule has 9 heteroatoms. The molecular formula is C25H24N2O6S. The molecule has 0 saturated heterocycles. The molecule has 1 aliphatic heterocycles.